The molecule has 1 amide bonds. The summed E-state index contributed by atoms with van der Waals surface area (Å²) in [6, 6.07) is 2.41. The molecule has 1 unspecified atom stereocenters. The van der Waals surface area contributed by atoms with Crippen LogP contribution >= 0.6 is 0 Å². The fourth-order valence-corrected chi connectivity index (χ4v) is 2.09. The molecule has 1 fully saturated rings. The van der Waals surface area contributed by atoms with E-state index in [2.05, 4.69) is 10.6 Å². The molecule has 2 rings (SSSR count). The Hall–Kier alpha value is -1.65. The fraction of sp³-hybridized carbons (Fsp3) is 0.462. The van der Waals surface area contributed by atoms with Crippen LogP contribution in [0.25, 0.3) is 0 Å². The molecule has 0 radical (unpaired) electrons. The van der Waals surface area contributed by atoms with Gasteiger partial charge in [-0.1, -0.05) is 6.07 Å². The number of aryl methyl sites for hydroxylation is 1. The fourth-order valence-electron chi connectivity index (χ4n) is 2.09. The van der Waals surface area contributed by atoms with Gasteiger partial charge in [-0.05, 0) is 31.4 Å². The molecule has 1 aromatic rings. The molecule has 2 N–H and O–H groups in total. The summed E-state index contributed by atoms with van der Waals surface area (Å²) in [5.74, 6) is -1.29. The number of rotatable bonds is 2. The number of nitrogens with one attached hydrogen (secondary N) is 2. The van der Waals surface area contributed by atoms with Gasteiger partial charge in [-0.3, -0.25) is 4.79 Å². The second-order valence-electron chi connectivity index (χ2n) is 4.59. The van der Waals surface area contributed by atoms with Gasteiger partial charge in [-0.25, -0.2) is 8.78 Å². The molecule has 0 aliphatic carbocycles. The number of carbonyl (C=O) groups excluding carboxylic acids is 1. The van der Waals surface area contributed by atoms with Gasteiger partial charge in [0.1, 0.15) is 11.5 Å². The summed E-state index contributed by atoms with van der Waals surface area (Å²) in [7, 11) is 0. The largest absolute Gasteiger partial charge is 0.377 e. The molecule has 0 saturated carbocycles. The predicted octanol–water partition coefficient (Wildman–Crippen LogP) is 2.35. The molecular formula is C13H16F2N2O. The quantitative estimate of drug-likeness (QED) is 0.850. The van der Waals surface area contributed by atoms with Crippen molar-refractivity contribution in [3.63, 3.8) is 0 Å². The van der Waals surface area contributed by atoms with Crippen molar-refractivity contribution in [2.24, 2.45) is 0 Å². The van der Waals surface area contributed by atoms with Crippen molar-refractivity contribution < 1.29 is 13.6 Å². The molecular weight excluding hydrogens is 238 g/mol. The molecule has 1 aliphatic heterocycles. The van der Waals surface area contributed by atoms with Crippen molar-refractivity contribution in [1.29, 1.82) is 0 Å². The summed E-state index contributed by atoms with van der Waals surface area (Å²) in [6.07, 6.45) is 1.76. The summed E-state index contributed by atoms with van der Waals surface area (Å²) in [5.41, 5.74) is 0.256. The monoisotopic (exact) mass is 254 g/mol. The number of carbonyl (C=O) groups is 1. The summed E-state index contributed by atoms with van der Waals surface area (Å²) in [5, 5.41) is 5.55. The first-order valence-electron chi connectivity index (χ1n) is 6.06. The molecule has 0 spiro atoms. The van der Waals surface area contributed by atoms with E-state index >= 15 is 0 Å². The molecule has 1 aliphatic rings. The van der Waals surface area contributed by atoms with Crippen LogP contribution in [-0.2, 0) is 4.79 Å². The lowest BCUT2D eigenvalue weighted by atomic mass is 10.1. The average molecular weight is 254 g/mol. The Labute approximate surface area is 105 Å². The van der Waals surface area contributed by atoms with Gasteiger partial charge in [0, 0.05) is 19.0 Å². The van der Waals surface area contributed by atoms with Crippen molar-refractivity contribution in [1.82, 2.24) is 5.32 Å². The maximum Gasteiger partial charge on any atom is 0.222 e. The van der Waals surface area contributed by atoms with E-state index < -0.39 is 11.6 Å². The van der Waals surface area contributed by atoms with E-state index in [1.807, 2.05) is 0 Å². The third kappa shape index (κ3) is 2.78. The molecule has 98 valence electrons. The number of benzene rings is 1. The molecule has 1 heterocycles. The van der Waals surface area contributed by atoms with Crippen LogP contribution in [0.1, 0.15) is 24.8 Å². The standard InChI is InChI=1S/C13H16F2N2O/c1-8-4-5-10(14)13(12(8)15)17-9-3-2-6-16-11(18)7-9/h4-5,9,17H,2-3,6-7H2,1H3,(H,16,18). The van der Waals surface area contributed by atoms with Crippen molar-refractivity contribution in [3.05, 3.63) is 29.3 Å². The summed E-state index contributed by atoms with van der Waals surface area (Å²) in [4.78, 5) is 11.4. The van der Waals surface area contributed by atoms with E-state index in [4.69, 9.17) is 0 Å². The molecule has 1 saturated heterocycles. The van der Waals surface area contributed by atoms with Crippen LogP contribution in [0.2, 0.25) is 0 Å². The van der Waals surface area contributed by atoms with Crippen LogP contribution in [-0.4, -0.2) is 18.5 Å². The predicted molar refractivity (Wildman–Crippen MR) is 65.4 cm³/mol. The van der Waals surface area contributed by atoms with Gasteiger partial charge in [0.05, 0.1) is 0 Å². The summed E-state index contributed by atoms with van der Waals surface area (Å²) in [6.45, 7) is 2.20. The van der Waals surface area contributed by atoms with E-state index in [1.54, 1.807) is 6.92 Å². The van der Waals surface area contributed by atoms with Gasteiger partial charge in [0.2, 0.25) is 5.91 Å². The first-order chi connectivity index (χ1) is 8.58. The van der Waals surface area contributed by atoms with E-state index in [0.29, 0.717) is 18.5 Å². The molecule has 0 aromatic heterocycles. The maximum absolute atomic E-state index is 13.8. The Kier molecular flexibility index (Phi) is 3.79. The zero-order chi connectivity index (χ0) is 13.1. The van der Waals surface area contributed by atoms with Gasteiger partial charge in [-0.15, -0.1) is 0 Å². The summed E-state index contributed by atoms with van der Waals surface area (Å²) < 4.78 is 27.4. The molecule has 1 aromatic carbocycles. The first-order valence-corrected chi connectivity index (χ1v) is 6.06. The lowest BCUT2D eigenvalue weighted by Crippen LogP contribution is -2.27. The third-order valence-electron chi connectivity index (χ3n) is 3.12. The highest BCUT2D eigenvalue weighted by Crippen LogP contribution is 2.24. The minimum atomic E-state index is -0.622. The Morgan fingerprint density at radius 1 is 1.39 bits per heavy atom. The zero-order valence-electron chi connectivity index (χ0n) is 10.2. The highest BCUT2D eigenvalue weighted by molar-refractivity contribution is 5.77. The number of hydrogen-bond donors (Lipinski definition) is 2. The normalized spacial score (nSPS) is 20.2. The lowest BCUT2D eigenvalue weighted by molar-refractivity contribution is -0.120. The zero-order valence-corrected chi connectivity index (χ0v) is 10.2. The summed E-state index contributed by atoms with van der Waals surface area (Å²) >= 11 is 0. The Morgan fingerprint density at radius 2 is 2.17 bits per heavy atom. The van der Waals surface area contributed by atoms with Gasteiger partial charge in [-0.2, -0.15) is 0 Å². The minimum Gasteiger partial charge on any atom is -0.377 e. The van der Waals surface area contributed by atoms with Crippen LogP contribution in [0, 0.1) is 18.6 Å². The number of anilines is 1. The minimum absolute atomic E-state index is 0.0848. The molecule has 5 heteroatoms. The van der Waals surface area contributed by atoms with Crippen LogP contribution in [0.5, 0.6) is 0 Å². The van der Waals surface area contributed by atoms with Crippen LogP contribution in [0.3, 0.4) is 0 Å². The third-order valence-corrected chi connectivity index (χ3v) is 3.12. The van der Waals surface area contributed by atoms with E-state index in [0.717, 1.165) is 6.42 Å². The van der Waals surface area contributed by atoms with Crippen molar-refractivity contribution in [3.8, 4) is 0 Å². The molecule has 1 atom stereocenters. The smallest absolute Gasteiger partial charge is 0.222 e. The van der Waals surface area contributed by atoms with Crippen molar-refractivity contribution in [2.75, 3.05) is 11.9 Å². The van der Waals surface area contributed by atoms with E-state index in [9.17, 15) is 13.6 Å². The van der Waals surface area contributed by atoms with Gasteiger partial charge in [0.15, 0.2) is 5.82 Å². The number of hydrogen-bond acceptors (Lipinski definition) is 2. The SMILES string of the molecule is Cc1ccc(F)c(NC2CCCNC(=O)C2)c1F. The molecule has 3 nitrogen and oxygen atoms in total. The average Bonchev–Trinajstić information content (AvgIpc) is 2.54. The van der Waals surface area contributed by atoms with Crippen LogP contribution < -0.4 is 10.6 Å². The number of amides is 1. The lowest BCUT2D eigenvalue weighted by Gasteiger charge is -2.18. The maximum atomic E-state index is 13.8. The Balaban J connectivity index is 2.17. The van der Waals surface area contributed by atoms with Gasteiger partial charge < -0.3 is 10.6 Å². The molecule has 18 heavy (non-hydrogen) atoms. The van der Waals surface area contributed by atoms with E-state index in [1.165, 1.54) is 12.1 Å². The Morgan fingerprint density at radius 3 is 2.94 bits per heavy atom. The Bertz CT molecular complexity index is 463. The van der Waals surface area contributed by atoms with Crippen molar-refractivity contribution >= 4 is 11.6 Å². The van der Waals surface area contributed by atoms with E-state index in [-0.39, 0.29) is 24.1 Å². The van der Waals surface area contributed by atoms with Crippen LogP contribution in [0.15, 0.2) is 12.1 Å². The highest BCUT2D eigenvalue weighted by atomic mass is 19.1. The second-order valence-corrected chi connectivity index (χ2v) is 4.59. The molecule has 0 bridgehead atoms. The van der Waals surface area contributed by atoms with Gasteiger partial charge in [0.25, 0.3) is 0 Å². The number of halogens is 2. The van der Waals surface area contributed by atoms with Crippen molar-refractivity contribution in [2.45, 2.75) is 32.2 Å². The van der Waals surface area contributed by atoms with Crippen LogP contribution in [0.4, 0.5) is 14.5 Å². The first kappa shape index (κ1) is 12.8. The highest BCUT2D eigenvalue weighted by Gasteiger charge is 2.20. The van der Waals surface area contributed by atoms with Gasteiger partial charge >= 0.3 is 0 Å². The topological polar surface area (TPSA) is 41.1 Å². The second kappa shape index (κ2) is 5.33.